The molecule has 0 aromatic heterocycles. The molecule has 0 aliphatic heterocycles. The van der Waals surface area contributed by atoms with Gasteiger partial charge in [0.2, 0.25) is 0 Å². The Hall–Kier alpha value is -2.40. The first-order chi connectivity index (χ1) is 14.6. The fraction of sp³-hybridized carbons (Fsp3) is 0.333. The third kappa shape index (κ3) is 6.07. The minimum atomic E-state index is -0.888. The molecule has 3 aromatic carbocycles. The molecular formula is C27H33BO3. The summed E-state index contributed by atoms with van der Waals surface area (Å²) in [5.74, 6) is 0. The molecule has 3 rings (SSSR count). The second kappa shape index (κ2) is 9.39. The summed E-state index contributed by atoms with van der Waals surface area (Å²) in [4.78, 5) is 0. The van der Waals surface area contributed by atoms with E-state index < -0.39 is 24.1 Å². The fourth-order valence-electron chi connectivity index (χ4n) is 3.52. The lowest BCUT2D eigenvalue weighted by Crippen LogP contribution is -2.45. The van der Waals surface area contributed by atoms with Gasteiger partial charge >= 0.3 is 7.32 Å². The monoisotopic (exact) mass is 416 g/mol. The van der Waals surface area contributed by atoms with Crippen molar-refractivity contribution >= 4 is 7.32 Å². The summed E-state index contributed by atoms with van der Waals surface area (Å²) < 4.78 is 19.5. The fourth-order valence-corrected chi connectivity index (χ4v) is 3.52. The summed E-state index contributed by atoms with van der Waals surface area (Å²) >= 11 is 0. The molecule has 0 unspecified atom stereocenters. The van der Waals surface area contributed by atoms with Crippen molar-refractivity contribution in [1.82, 2.24) is 0 Å². The average Bonchev–Trinajstić information content (AvgIpc) is 2.75. The average molecular weight is 416 g/mol. The molecule has 0 bridgehead atoms. The van der Waals surface area contributed by atoms with Gasteiger partial charge < -0.3 is 14.0 Å². The van der Waals surface area contributed by atoms with Gasteiger partial charge in [-0.25, -0.2) is 0 Å². The van der Waals surface area contributed by atoms with Crippen LogP contribution in [0.3, 0.4) is 0 Å². The molecule has 0 N–H and O–H groups in total. The smallest absolute Gasteiger partial charge is 0.377 e. The van der Waals surface area contributed by atoms with Crippen molar-refractivity contribution in [3.63, 3.8) is 0 Å². The Labute approximate surface area is 187 Å². The molecule has 0 saturated heterocycles. The van der Waals surface area contributed by atoms with E-state index in [4.69, 9.17) is 14.0 Å². The van der Waals surface area contributed by atoms with Crippen LogP contribution in [0.15, 0.2) is 91.0 Å². The predicted octanol–water partition coefficient (Wildman–Crippen LogP) is 6.83. The number of hydrogen-bond acceptors (Lipinski definition) is 3. The van der Waals surface area contributed by atoms with E-state index in [-0.39, 0.29) is 0 Å². The van der Waals surface area contributed by atoms with Crippen LogP contribution in [0.5, 0.6) is 0 Å². The highest BCUT2D eigenvalue weighted by Crippen LogP contribution is 2.34. The first kappa shape index (κ1) is 23.3. The van der Waals surface area contributed by atoms with Gasteiger partial charge in [-0.3, -0.25) is 0 Å². The van der Waals surface area contributed by atoms with Gasteiger partial charge in [0.25, 0.3) is 0 Å². The van der Waals surface area contributed by atoms with Crippen LogP contribution in [0.25, 0.3) is 0 Å². The van der Waals surface area contributed by atoms with Crippen LogP contribution in [0, 0.1) is 0 Å². The van der Waals surface area contributed by atoms with Crippen molar-refractivity contribution in [3.05, 3.63) is 108 Å². The molecule has 0 saturated carbocycles. The second-order valence-corrected chi connectivity index (χ2v) is 9.27. The molecule has 0 fully saturated rings. The normalized spacial score (nSPS) is 12.6. The van der Waals surface area contributed by atoms with E-state index in [0.717, 1.165) is 16.7 Å². The van der Waals surface area contributed by atoms with Crippen molar-refractivity contribution in [3.8, 4) is 0 Å². The van der Waals surface area contributed by atoms with Gasteiger partial charge in [0, 0.05) is 0 Å². The summed E-state index contributed by atoms with van der Waals surface area (Å²) in [5, 5.41) is 0. The van der Waals surface area contributed by atoms with Crippen LogP contribution in [0.4, 0.5) is 0 Å². The highest BCUT2D eigenvalue weighted by molar-refractivity contribution is 6.36. The molecule has 4 heteroatoms. The molecule has 31 heavy (non-hydrogen) atoms. The van der Waals surface area contributed by atoms with Gasteiger partial charge in [-0.15, -0.1) is 0 Å². The summed E-state index contributed by atoms with van der Waals surface area (Å²) in [7, 11) is -0.888. The zero-order chi connectivity index (χ0) is 22.5. The third-order valence-electron chi connectivity index (χ3n) is 5.58. The van der Waals surface area contributed by atoms with Gasteiger partial charge in [0.05, 0.1) is 16.8 Å². The summed E-state index contributed by atoms with van der Waals surface area (Å²) in [6.45, 7) is 12.2. The molecule has 162 valence electrons. The predicted molar refractivity (Wildman–Crippen MR) is 127 cm³/mol. The molecule has 0 heterocycles. The number of rotatable bonds is 9. The maximum atomic E-state index is 6.49. The Morgan fingerprint density at radius 1 is 0.419 bits per heavy atom. The number of hydrogen-bond donors (Lipinski definition) is 0. The van der Waals surface area contributed by atoms with Gasteiger partial charge in [-0.1, -0.05) is 91.0 Å². The Balaban J connectivity index is 1.90. The molecule has 0 amide bonds. The van der Waals surface area contributed by atoms with E-state index in [0.29, 0.717) is 0 Å². The van der Waals surface area contributed by atoms with E-state index in [1.807, 2.05) is 96.1 Å². The molecule has 0 radical (unpaired) electrons. The van der Waals surface area contributed by atoms with Crippen LogP contribution in [-0.4, -0.2) is 7.32 Å². The van der Waals surface area contributed by atoms with E-state index in [1.165, 1.54) is 0 Å². The van der Waals surface area contributed by atoms with Crippen LogP contribution >= 0.6 is 0 Å². The van der Waals surface area contributed by atoms with Gasteiger partial charge in [0.15, 0.2) is 0 Å². The first-order valence-corrected chi connectivity index (χ1v) is 10.8. The van der Waals surface area contributed by atoms with Gasteiger partial charge in [0.1, 0.15) is 0 Å². The maximum Gasteiger partial charge on any atom is 0.641 e. The van der Waals surface area contributed by atoms with Crippen LogP contribution < -0.4 is 0 Å². The van der Waals surface area contributed by atoms with E-state index in [2.05, 4.69) is 36.4 Å². The first-order valence-electron chi connectivity index (χ1n) is 10.8. The van der Waals surface area contributed by atoms with Gasteiger partial charge in [-0.05, 0) is 58.2 Å². The second-order valence-electron chi connectivity index (χ2n) is 9.27. The minimum Gasteiger partial charge on any atom is -0.377 e. The van der Waals surface area contributed by atoms with Crippen molar-refractivity contribution in [1.29, 1.82) is 0 Å². The van der Waals surface area contributed by atoms with Crippen molar-refractivity contribution in [2.75, 3.05) is 0 Å². The maximum absolute atomic E-state index is 6.49. The Morgan fingerprint density at radius 2 is 0.645 bits per heavy atom. The minimum absolute atomic E-state index is 0.606. The lowest BCUT2D eigenvalue weighted by atomic mass is 9.92. The van der Waals surface area contributed by atoms with Crippen molar-refractivity contribution in [2.24, 2.45) is 0 Å². The SMILES string of the molecule is CC(C)(OB(OC(C)(C)c1ccccc1)OC(C)(C)c1ccccc1)c1ccccc1. The Morgan fingerprint density at radius 3 is 0.871 bits per heavy atom. The zero-order valence-corrected chi connectivity index (χ0v) is 19.5. The highest BCUT2D eigenvalue weighted by atomic mass is 16.8. The van der Waals surface area contributed by atoms with Crippen LogP contribution in [0.2, 0.25) is 0 Å². The highest BCUT2D eigenvalue weighted by Gasteiger charge is 2.41. The summed E-state index contributed by atoms with van der Waals surface area (Å²) in [6.07, 6.45) is 0. The number of benzene rings is 3. The molecule has 0 atom stereocenters. The molecule has 3 nitrogen and oxygen atoms in total. The Bertz CT molecular complexity index is 811. The van der Waals surface area contributed by atoms with Gasteiger partial charge in [-0.2, -0.15) is 0 Å². The van der Waals surface area contributed by atoms with E-state index >= 15 is 0 Å². The molecule has 0 spiro atoms. The van der Waals surface area contributed by atoms with E-state index in [1.54, 1.807) is 0 Å². The van der Waals surface area contributed by atoms with Crippen LogP contribution in [0.1, 0.15) is 58.2 Å². The zero-order valence-electron chi connectivity index (χ0n) is 19.5. The molecule has 0 aliphatic carbocycles. The lowest BCUT2D eigenvalue weighted by molar-refractivity contribution is -0.0704. The van der Waals surface area contributed by atoms with Crippen molar-refractivity contribution < 1.29 is 14.0 Å². The third-order valence-corrected chi connectivity index (χ3v) is 5.58. The molecule has 0 aliphatic rings. The Kier molecular flexibility index (Phi) is 7.05. The molecular weight excluding hydrogens is 383 g/mol. The van der Waals surface area contributed by atoms with Crippen LogP contribution in [-0.2, 0) is 30.8 Å². The van der Waals surface area contributed by atoms with E-state index in [9.17, 15) is 0 Å². The van der Waals surface area contributed by atoms with Crippen molar-refractivity contribution in [2.45, 2.75) is 58.3 Å². The largest absolute Gasteiger partial charge is 0.641 e. The lowest BCUT2D eigenvalue weighted by Gasteiger charge is -2.37. The molecule has 3 aromatic rings. The standard InChI is InChI=1S/C27H33BO3/c1-25(2,22-16-10-7-11-17-22)29-28(30-26(3,4)23-18-12-8-13-19-23)31-27(5,6)24-20-14-9-15-21-24/h7-21H,1-6H3. The quantitative estimate of drug-likeness (QED) is 0.358. The summed E-state index contributed by atoms with van der Waals surface area (Å²) in [5.41, 5.74) is 1.36. The topological polar surface area (TPSA) is 27.7 Å². The summed E-state index contributed by atoms with van der Waals surface area (Å²) in [6, 6.07) is 30.4.